The van der Waals surface area contributed by atoms with Crippen LogP contribution >= 0.6 is 0 Å². The Kier molecular flexibility index (Phi) is 13.9. The predicted octanol–water partition coefficient (Wildman–Crippen LogP) is 6.95. The smallest absolute Gasteiger partial charge is 0.305 e. The van der Waals surface area contributed by atoms with Crippen molar-refractivity contribution in [1.29, 1.82) is 0 Å². The van der Waals surface area contributed by atoms with Crippen molar-refractivity contribution in [2.75, 3.05) is 42.2 Å². The Bertz CT molecular complexity index is 959. The molecule has 0 atom stereocenters. The van der Waals surface area contributed by atoms with Crippen molar-refractivity contribution in [3.8, 4) is 28.7 Å². The van der Waals surface area contributed by atoms with Crippen LogP contribution in [0.2, 0.25) is 0 Å². The lowest BCUT2D eigenvalue weighted by Crippen LogP contribution is -2.00. The highest BCUT2D eigenvalue weighted by Gasteiger charge is 2.12. The molecule has 0 aliphatic heterocycles. The molecule has 0 saturated carbocycles. The largest absolute Gasteiger partial charge is 0.493 e. The Labute approximate surface area is 221 Å². The number of unbranched alkanes of at least 4 members (excludes halogenated alkanes) is 7. The first-order valence-corrected chi connectivity index (χ1v) is 12.9. The van der Waals surface area contributed by atoms with E-state index in [4.69, 9.17) is 23.7 Å². The van der Waals surface area contributed by atoms with Gasteiger partial charge in [0.1, 0.15) is 0 Å². The zero-order chi connectivity index (χ0) is 26.9. The molecule has 2 aromatic carbocycles. The number of methoxy groups -OCH3 is 5. The lowest BCUT2D eigenvalue weighted by atomic mass is 10.1. The summed E-state index contributed by atoms with van der Waals surface area (Å²) in [5.41, 5.74) is 1.92. The molecule has 0 amide bonds. The molecule has 7 nitrogen and oxygen atoms in total. The van der Waals surface area contributed by atoms with Crippen molar-refractivity contribution < 1.29 is 33.2 Å². The van der Waals surface area contributed by atoms with Gasteiger partial charge >= 0.3 is 5.97 Å². The molecule has 2 aromatic rings. The van der Waals surface area contributed by atoms with Crippen LogP contribution in [0.5, 0.6) is 28.7 Å². The number of esters is 1. The Hall–Kier alpha value is -3.35. The summed E-state index contributed by atoms with van der Waals surface area (Å²) in [5, 5.41) is 0. The maximum atomic E-state index is 11.1. The highest BCUT2D eigenvalue weighted by Crippen LogP contribution is 2.38. The van der Waals surface area contributed by atoms with Crippen molar-refractivity contribution in [3.05, 3.63) is 41.5 Å². The third kappa shape index (κ3) is 10.3. The number of carbonyl (C=O) groups is 1. The van der Waals surface area contributed by atoms with Crippen LogP contribution in [0.4, 0.5) is 0 Å². The summed E-state index contributed by atoms with van der Waals surface area (Å²) in [4.78, 5) is 11.1. The number of hydrogen-bond donors (Lipinski definition) is 0. The maximum absolute atomic E-state index is 11.1. The molecule has 0 aromatic heterocycles. The lowest BCUT2D eigenvalue weighted by molar-refractivity contribution is -0.140. The molecule has 0 unspecified atom stereocenters. The van der Waals surface area contributed by atoms with Crippen molar-refractivity contribution in [2.24, 2.45) is 0 Å². The highest BCUT2D eigenvalue weighted by molar-refractivity contribution is 5.73. The molecule has 0 heterocycles. The van der Waals surface area contributed by atoms with Gasteiger partial charge in [-0.05, 0) is 48.2 Å². The fourth-order valence-corrected chi connectivity index (χ4v) is 4.02. The van der Waals surface area contributed by atoms with Crippen LogP contribution in [0, 0.1) is 0 Å². The van der Waals surface area contributed by atoms with Crippen LogP contribution in [0.1, 0.15) is 68.9 Å². The molecule has 0 radical (unpaired) electrons. The monoisotopic (exact) mass is 514 g/mol. The Morgan fingerprint density at radius 1 is 0.622 bits per heavy atom. The molecule has 0 bridgehead atoms. The van der Waals surface area contributed by atoms with Gasteiger partial charge in [-0.2, -0.15) is 0 Å². The zero-order valence-corrected chi connectivity index (χ0v) is 23.0. The minimum Gasteiger partial charge on any atom is -0.493 e. The fourth-order valence-electron chi connectivity index (χ4n) is 4.02. The standard InChI is InChI=1S/C30H42O7/c1-32-25-18-17-23(15-16-24-21-27(33-2)30(36-5)28(22-24)34-3)20-26(25)37-19-13-11-9-7-6-8-10-12-14-29(31)35-4/h15-18,20-22H,6-14,19H2,1-5H3/b16-15-. The molecule has 7 heteroatoms. The lowest BCUT2D eigenvalue weighted by Gasteiger charge is -2.13. The molecule has 2 rings (SSSR count). The molecule has 0 aliphatic rings. The topological polar surface area (TPSA) is 72.5 Å². The third-order valence-corrected chi connectivity index (χ3v) is 6.10. The van der Waals surface area contributed by atoms with E-state index in [1.165, 1.54) is 32.8 Å². The average Bonchev–Trinajstić information content (AvgIpc) is 2.93. The third-order valence-electron chi connectivity index (χ3n) is 6.10. The minimum atomic E-state index is -0.114. The molecular weight excluding hydrogens is 472 g/mol. The first-order chi connectivity index (χ1) is 18.1. The number of ether oxygens (including phenoxy) is 6. The Morgan fingerprint density at radius 3 is 1.73 bits per heavy atom. The maximum Gasteiger partial charge on any atom is 0.305 e. The van der Waals surface area contributed by atoms with Crippen molar-refractivity contribution in [1.82, 2.24) is 0 Å². The quantitative estimate of drug-likeness (QED) is 0.121. The van der Waals surface area contributed by atoms with Crippen LogP contribution in [0.3, 0.4) is 0 Å². The van der Waals surface area contributed by atoms with Gasteiger partial charge in [0.05, 0.1) is 42.2 Å². The van der Waals surface area contributed by atoms with Crippen LogP contribution in [-0.4, -0.2) is 48.1 Å². The van der Waals surface area contributed by atoms with E-state index in [2.05, 4.69) is 4.74 Å². The van der Waals surface area contributed by atoms with Gasteiger partial charge in [0.25, 0.3) is 0 Å². The molecule has 37 heavy (non-hydrogen) atoms. The summed E-state index contributed by atoms with van der Waals surface area (Å²) in [5.74, 6) is 3.13. The van der Waals surface area contributed by atoms with Gasteiger partial charge < -0.3 is 28.4 Å². The minimum absolute atomic E-state index is 0.114. The summed E-state index contributed by atoms with van der Waals surface area (Å²) in [7, 11) is 7.89. The number of rotatable bonds is 18. The molecular formula is C30H42O7. The van der Waals surface area contributed by atoms with E-state index < -0.39 is 0 Å². The van der Waals surface area contributed by atoms with E-state index in [1.807, 2.05) is 42.5 Å². The van der Waals surface area contributed by atoms with Crippen molar-refractivity contribution in [3.63, 3.8) is 0 Å². The van der Waals surface area contributed by atoms with E-state index in [0.29, 0.717) is 30.3 Å². The Balaban J connectivity index is 1.82. The van der Waals surface area contributed by atoms with E-state index >= 15 is 0 Å². The number of hydrogen-bond acceptors (Lipinski definition) is 7. The highest BCUT2D eigenvalue weighted by atomic mass is 16.5. The van der Waals surface area contributed by atoms with Gasteiger partial charge in [-0.3, -0.25) is 4.79 Å². The summed E-state index contributed by atoms with van der Waals surface area (Å²) in [6, 6.07) is 9.71. The van der Waals surface area contributed by atoms with Crippen LogP contribution in [0.15, 0.2) is 30.3 Å². The van der Waals surface area contributed by atoms with Crippen LogP contribution in [-0.2, 0) is 9.53 Å². The second-order valence-corrected chi connectivity index (χ2v) is 8.71. The van der Waals surface area contributed by atoms with Crippen LogP contribution in [0.25, 0.3) is 12.2 Å². The summed E-state index contributed by atoms with van der Waals surface area (Å²) in [6.45, 7) is 0.648. The van der Waals surface area contributed by atoms with Gasteiger partial charge in [-0.25, -0.2) is 0 Å². The van der Waals surface area contributed by atoms with E-state index in [-0.39, 0.29) is 5.97 Å². The summed E-state index contributed by atoms with van der Waals surface area (Å²) >= 11 is 0. The van der Waals surface area contributed by atoms with Crippen molar-refractivity contribution >= 4 is 18.1 Å². The van der Waals surface area contributed by atoms with Gasteiger partial charge in [-0.1, -0.05) is 56.7 Å². The predicted molar refractivity (Wildman–Crippen MR) is 147 cm³/mol. The first kappa shape index (κ1) is 29.9. The fraction of sp³-hybridized carbons (Fsp3) is 0.500. The van der Waals surface area contributed by atoms with Gasteiger partial charge in [-0.15, -0.1) is 0 Å². The molecule has 0 aliphatic carbocycles. The second-order valence-electron chi connectivity index (χ2n) is 8.71. The zero-order valence-electron chi connectivity index (χ0n) is 23.0. The first-order valence-electron chi connectivity index (χ1n) is 12.9. The molecule has 0 fully saturated rings. The summed E-state index contributed by atoms with van der Waals surface area (Å²) < 4.78 is 32.5. The average molecular weight is 515 g/mol. The van der Waals surface area contributed by atoms with Crippen LogP contribution < -0.4 is 23.7 Å². The summed E-state index contributed by atoms with van der Waals surface area (Å²) in [6.07, 6.45) is 13.4. The van der Waals surface area contributed by atoms with Crippen molar-refractivity contribution in [2.45, 2.75) is 57.8 Å². The number of benzene rings is 2. The van der Waals surface area contributed by atoms with E-state index in [0.717, 1.165) is 48.3 Å². The van der Waals surface area contributed by atoms with E-state index in [9.17, 15) is 4.79 Å². The molecule has 0 saturated heterocycles. The molecule has 0 spiro atoms. The van der Waals surface area contributed by atoms with E-state index in [1.54, 1.807) is 28.4 Å². The van der Waals surface area contributed by atoms with Gasteiger partial charge in [0, 0.05) is 6.42 Å². The normalized spacial score (nSPS) is 10.8. The second kappa shape index (κ2) is 17.2. The number of carbonyl (C=O) groups excluding carboxylic acids is 1. The SMILES string of the molecule is COC(=O)CCCCCCCCCCOc1cc(/C=C\c2cc(OC)c(OC)c(OC)c2)ccc1OC. The van der Waals surface area contributed by atoms with Gasteiger partial charge in [0.2, 0.25) is 5.75 Å². The Morgan fingerprint density at radius 2 is 1.16 bits per heavy atom. The molecule has 0 N–H and O–H groups in total. The van der Waals surface area contributed by atoms with Gasteiger partial charge in [0.15, 0.2) is 23.0 Å². The molecule has 204 valence electrons.